The van der Waals surface area contributed by atoms with Crippen molar-refractivity contribution in [2.45, 2.75) is 77.7 Å². The van der Waals surface area contributed by atoms with Crippen molar-refractivity contribution in [2.24, 2.45) is 29.6 Å². The normalized spacial score (nSPS) is 43.6. The molecule has 0 saturated heterocycles. The third-order valence-electron chi connectivity index (χ3n) is 6.49. The molecule has 0 aliphatic heterocycles. The van der Waals surface area contributed by atoms with Gasteiger partial charge in [-0.3, -0.25) is 0 Å². The number of fused-ring (bicyclic) bond motifs is 1. The molecule has 0 amide bonds. The Morgan fingerprint density at radius 1 is 0.947 bits per heavy atom. The van der Waals surface area contributed by atoms with Gasteiger partial charge in [-0.2, -0.15) is 0 Å². The topological polar surface area (TPSA) is 12.0 Å². The van der Waals surface area contributed by atoms with Crippen molar-refractivity contribution >= 4 is 0 Å². The summed E-state index contributed by atoms with van der Waals surface area (Å²) >= 11 is 0. The lowest BCUT2D eigenvalue weighted by Gasteiger charge is -2.35. The van der Waals surface area contributed by atoms with Crippen LogP contribution in [-0.4, -0.2) is 12.6 Å². The molecular weight excluding hydrogens is 230 g/mol. The lowest BCUT2D eigenvalue weighted by atomic mass is 9.75. The van der Waals surface area contributed by atoms with E-state index >= 15 is 0 Å². The highest BCUT2D eigenvalue weighted by Crippen LogP contribution is 2.59. The molecule has 3 saturated carbocycles. The Hall–Kier alpha value is -0.0400. The van der Waals surface area contributed by atoms with E-state index in [1.807, 2.05) is 0 Å². The van der Waals surface area contributed by atoms with Gasteiger partial charge in [-0.25, -0.2) is 0 Å². The summed E-state index contributed by atoms with van der Waals surface area (Å²) in [6.45, 7) is 5.87. The number of nitrogens with one attached hydrogen (secondary N) is 1. The van der Waals surface area contributed by atoms with Gasteiger partial charge in [0.2, 0.25) is 0 Å². The largest absolute Gasteiger partial charge is 0.314 e. The smallest absolute Gasteiger partial charge is 0.0129 e. The summed E-state index contributed by atoms with van der Waals surface area (Å²) in [5, 5.41) is 3.92. The molecule has 3 aliphatic rings. The molecule has 5 unspecified atom stereocenters. The van der Waals surface area contributed by atoms with E-state index in [4.69, 9.17) is 0 Å². The van der Waals surface area contributed by atoms with Crippen LogP contribution in [0, 0.1) is 29.6 Å². The van der Waals surface area contributed by atoms with Crippen LogP contribution in [0.25, 0.3) is 0 Å². The molecule has 0 heterocycles. The number of hydrogen-bond donors (Lipinski definition) is 1. The fourth-order valence-electron chi connectivity index (χ4n) is 5.46. The first-order valence-electron chi connectivity index (χ1n) is 9.08. The number of rotatable bonds is 5. The van der Waals surface area contributed by atoms with Gasteiger partial charge in [-0.15, -0.1) is 0 Å². The average molecular weight is 263 g/mol. The molecule has 0 aromatic heterocycles. The van der Waals surface area contributed by atoms with Crippen LogP contribution in [0.5, 0.6) is 0 Å². The molecule has 5 atom stereocenters. The fourth-order valence-corrected chi connectivity index (χ4v) is 5.46. The summed E-state index contributed by atoms with van der Waals surface area (Å²) in [6, 6.07) is 0.868. The minimum Gasteiger partial charge on any atom is -0.314 e. The third-order valence-corrected chi connectivity index (χ3v) is 6.49. The summed E-state index contributed by atoms with van der Waals surface area (Å²) in [7, 11) is 0. The van der Waals surface area contributed by atoms with Gasteiger partial charge in [-0.1, -0.05) is 46.0 Å². The molecule has 3 rings (SSSR count). The Balaban J connectivity index is 1.63. The SMILES string of the molecule is CCNC(C1CCCC(CC)C1)C1C2CCCCC21. The lowest BCUT2D eigenvalue weighted by Crippen LogP contribution is -2.41. The first-order valence-corrected chi connectivity index (χ1v) is 9.08. The van der Waals surface area contributed by atoms with Crippen LogP contribution in [0.15, 0.2) is 0 Å². The van der Waals surface area contributed by atoms with E-state index in [0.717, 1.165) is 35.6 Å². The Kier molecular flexibility index (Phi) is 4.51. The molecule has 0 bridgehead atoms. The molecule has 0 aromatic carbocycles. The summed E-state index contributed by atoms with van der Waals surface area (Å²) in [6.07, 6.45) is 13.5. The molecule has 110 valence electrons. The second-order valence-corrected chi connectivity index (χ2v) is 7.47. The highest BCUT2D eigenvalue weighted by Gasteiger charge is 2.55. The molecule has 0 radical (unpaired) electrons. The lowest BCUT2D eigenvalue weighted by molar-refractivity contribution is 0.189. The van der Waals surface area contributed by atoms with E-state index in [2.05, 4.69) is 19.2 Å². The Bertz CT molecular complexity index is 275. The van der Waals surface area contributed by atoms with Gasteiger partial charge in [0, 0.05) is 6.04 Å². The Labute approximate surface area is 119 Å². The van der Waals surface area contributed by atoms with E-state index in [1.165, 1.54) is 51.5 Å². The van der Waals surface area contributed by atoms with Gasteiger partial charge < -0.3 is 5.32 Å². The molecule has 0 aromatic rings. The number of hydrogen-bond acceptors (Lipinski definition) is 1. The van der Waals surface area contributed by atoms with E-state index < -0.39 is 0 Å². The van der Waals surface area contributed by atoms with Crippen molar-refractivity contribution < 1.29 is 0 Å². The van der Waals surface area contributed by atoms with E-state index in [0.29, 0.717) is 0 Å². The third kappa shape index (κ3) is 2.86. The summed E-state index contributed by atoms with van der Waals surface area (Å²) in [5.74, 6) is 5.30. The maximum Gasteiger partial charge on any atom is 0.0129 e. The van der Waals surface area contributed by atoms with Gasteiger partial charge in [0.05, 0.1) is 0 Å². The molecule has 1 nitrogen and oxygen atoms in total. The van der Waals surface area contributed by atoms with Crippen LogP contribution in [0.2, 0.25) is 0 Å². The molecular formula is C18H33N. The maximum absolute atomic E-state index is 3.92. The fraction of sp³-hybridized carbons (Fsp3) is 1.00. The highest BCUT2D eigenvalue weighted by atomic mass is 14.9. The highest BCUT2D eigenvalue weighted by molar-refractivity contribution is 5.06. The molecule has 1 N–H and O–H groups in total. The van der Waals surface area contributed by atoms with Gasteiger partial charge in [0.15, 0.2) is 0 Å². The Morgan fingerprint density at radius 3 is 2.32 bits per heavy atom. The predicted octanol–water partition coefficient (Wildman–Crippen LogP) is 4.62. The second kappa shape index (κ2) is 6.16. The van der Waals surface area contributed by atoms with Crippen LogP contribution < -0.4 is 5.32 Å². The van der Waals surface area contributed by atoms with Crippen molar-refractivity contribution in [3.8, 4) is 0 Å². The average Bonchev–Trinajstić information content (AvgIpc) is 3.19. The zero-order valence-corrected chi connectivity index (χ0v) is 13.0. The van der Waals surface area contributed by atoms with Crippen LogP contribution in [0.1, 0.15) is 71.6 Å². The van der Waals surface area contributed by atoms with Crippen LogP contribution in [-0.2, 0) is 0 Å². The molecule has 3 aliphatic carbocycles. The van der Waals surface area contributed by atoms with E-state index in [9.17, 15) is 0 Å². The minimum absolute atomic E-state index is 0.868. The van der Waals surface area contributed by atoms with Crippen molar-refractivity contribution in [3.05, 3.63) is 0 Å². The van der Waals surface area contributed by atoms with E-state index in [-0.39, 0.29) is 0 Å². The summed E-state index contributed by atoms with van der Waals surface area (Å²) in [5.41, 5.74) is 0. The van der Waals surface area contributed by atoms with Crippen LogP contribution in [0.3, 0.4) is 0 Å². The maximum atomic E-state index is 3.92. The van der Waals surface area contributed by atoms with Crippen LogP contribution in [0.4, 0.5) is 0 Å². The van der Waals surface area contributed by atoms with Crippen LogP contribution >= 0.6 is 0 Å². The predicted molar refractivity (Wildman–Crippen MR) is 82.1 cm³/mol. The monoisotopic (exact) mass is 263 g/mol. The van der Waals surface area contributed by atoms with Gasteiger partial charge in [-0.05, 0) is 61.8 Å². The molecule has 19 heavy (non-hydrogen) atoms. The van der Waals surface area contributed by atoms with Gasteiger partial charge in [0.25, 0.3) is 0 Å². The molecule has 0 spiro atoms. The molecule has 1 heteroatoms. The zero-order valence-electron chi connectivity index (χ0n) is 13.0. The van der Waals surface area contributed by atoms with Crippen molar-refractivity contribution in [1.82, 2.24) is 5.32 Å². The quantitative estimate of drug-likeness (QED) is 0.763. The van der Waals surface area contributed by atoms with Crippen molar-refractivity contribution in [1.29, 1.82) is 0 Å². The first kappa shape index (κ1) is 13.9. The van der Waals surface area contributed by atoms with Crippen molar-refractivity contribution in [3.63, 3.8) is 0 Å². The molecule has 3 fully saturated rings. The van der Waals surface area contributed by atoms with Gasteiger partial charge in [0.1, 0.15) is 0 Å². The minimum atomic E-state index is 0.868. The standard InChI is InChI=1S/C18H33N/c1-3-13-8-7-9-14(12-13)18(19-4-2)17-15-10-5-6-11-16(15)17/h13-19H,3-12H2,1-2H3. The zero-order chi connectivity index (χ0) is 13.2. The Morgan fingerprint density at radius 2 is 1.68 bits per heavy atom. The first-order chi connectivity index (χ1) is 9.35. The summed E-state index contributed by atoms with van der Waals surface area (Å²) in [4.78, 5) is 0. The van der Waals surface area contributed by atoms with E-state index in [1.54, 1.807) is 12.8 Å². The second-order valence-electron chi connectivity index (χ2n) is 7.47. The van der Waals surface area contributed by atoms with Gasteiger partial charge >= 0.3 is 0 Å². The summed E-state index contributed by atoms with van der Waals surface area (Å²) < 4.78 is 0. The van der Waals surface area contributed by atoms with Crippen molar-refractivity contribution in [2.75, 3.05) is 6.54 Å².